The Morgan fingerprint density at radius 2 is 2.38 bits per heavy atom. The van der Waals surface area contributed by atoms with Gasteiger partial charge in [-0.1, -0.05) is 0 Å². The van der Waals surface area contributed by atoms with E-state index < -0.39 is 0 Å². The van der Waals surface area contributed by atoms with E-state index in [9.17, 15) is 4.79 Å². The summed E-state index contributed by atoms with van der Waals surface area (Å²) in [6.07, 6.45) is 3.91. The summed E-state index contributed by atoms with van der Waals surface area (Å²) < 4.78 is 0. The molecule has 1 amide bonds. The van der Waals surface area contributed by atoms with Gasteiger partial charge >= 0.3 is 0 Å². The minimum Gasteiger partial charge on any atom is -0.396 e. The van der Waals surface area contributed by atoms with Crippen molar-refractivity contribution in [1.29, 1.82) is 0 Å². The topological polar surface area (TPSA) is 80.0 Å². The summed E-state index contributed by atoms with van der Waals surface area (Å²) >= 11 is 0. The molecule has 1 aromatic rings. The van der Waals surface area contributed by atoms with Crippen LogP contribution in [0.2, 0.25) is 0 Å². The Labute approximate surface area is 94.4 Å². The molecule has 2 rings (SSSR count). The molecule has 0 radical (unpaired) electrons. The highest BCUT2D eigenvalue weighted by Gasteiger charge is 2.22. The van der Waals surface area contributed by atoms with Crippen LogP contribution < -0.4 is 16.4 Å². The Morgan fingerprint density at radius 3 is 3.00 bits per heavy atom. The van der Waals surface area contributed by atoms with Gasteiger partial charge in [0.15, 0.2) is 0 Å². The van der Waals surface area contributed by atoms with E-state index in [4.69, 9.17) is 5.73 Å². The fourth-order valence-electron chi connectivity index (χ4n) is 1.41. The highest BCUT2D eigenvalue weighted by Crippen LogP contribution is 2.18. The number of pyridine rings is 1. The van der Waals surface area contributed by atoms with Gasteiger partial charge in [0, 0.05) is 12.2 Å². The first kappa shape index (κ1) is 10.7. The number of anilines is 2. The number of amides is 1. The number of carbonyl (C=O) groups excluding carboxylic acids is 1. The lowest BCUT2D eigenvalue weighted by molar-refractivity contribution is -0.119. The van der Waals surface area contributed by atoms with Gasteiger partial charge in [-0.2, -0.15) is 0 Å². The number of aromatic nitrogens is 1. The number of nitrogens with zero attached hydrogens (tertiary/aromatic N) is 1. The van der Waals surface area contributed by atoms with Crippen LogP contribution in [0.4, 0.5) is 11.5 Å². The lowest BCUT2D eigenvalue weighted by Gasteiger charge is -2.08. The second-order valence-corrected chi connectivity index (χ2v) is 4.15. The highest BCUT2D eigenvalue weighted by molar-refractivity contribution is 5.82. The number of hydrogen-bond donors (Lipinski definition) is 3. The van der Waals surface area contributed by atoms with Crippen LogP contribution in [0.3, 0.4) is 0 Å². The highest BCUT2D eigenvalue weighted by atomic mass is 16.2. The molecule has 0 unspecified atom stereocenters. The van der Waals surface area contributed by atoms with Crippen LogP contribution >= 0.6 is 0 Å². The van der Waals surface area contributed by atoms with Crippen molar-refractivity contribution in [2.75, 3.05) is 17.6 Å². The molecule has 1 heterocycles. The lowest BCUT2D eigenvalue weighted by atomic mass is 10.3. The SMILES string of the molecule is Cc1cnc(NCC(=O)NC2CC2)c(N)c1. The molecule has 1 fully saturated rings. The summed E-state index contributed by atoms with van der Waals surface area (Å²) in [5.41, 5.74) is 7.34. The summed E-state index contributed by atoms with van der Waals surface area (Å²) in [6.45, 7) is 2.14. The molecular formula is C11H16N4O. The molecular weight excluding hydrogens is 204 g/mol. The van der Waals surface area contributed by atoms with Crippen LogP contribution in [0.5, 0.6) is 0 Å². The van der Waals surface area contributed by atoms with Crippen LogP contribution in [-0.2, 0) is 4.79 Å². The summed E-state index contributed by atoms with van der Waals surface area (Å²) in [5, 5.41) is 5.81. The van der Waals surface area contributed by atoms with Gasteiger partial charge in [0.25, 0.3) is 0 Å². The largest absolute Gasteiger partial charge is 0.396 e. The van der Waals surface area contributed by atoms with Gasteiger partial charge in [0.05, 0.1) is 12.2 Å². The number of nitrogen functional groups attached to an aromatic ring is 1. The van der Waals surface area contributed by atoms with Crippen molar-refractivity contribution in [3.63, 3.8) is 0 Å². The Hall–Kier alpha value is -1.78. The van der Waals surface area contributed by atoms with Gasteiger partial charge in [-0.3, -0.25) is 4.79 Å². The molecule has 0 aliphatic heterocycles. The molecule has 1 aliphatic carbocycles. The van der Waals surface area contributed by atoms with E-state index in [1.54, 1.807) is 6.20 Å². The fourth-order valence-corrected chi connectivity index (χ4v) is 1.41. The molecule has 1 aliphatic rings. The van der Waals surface area contributed by atoms with Crippen molar-refractivity contribution in [3.8, 4) is 0 Å². The predicted octanol–water partition coefficient (Wildman–Crippen LogP) is 0.663. The predicted molar refractivity (Wildman–Crippen MR) is 63.0 cm³/mol. The van der Waals surface area contributed by atoms with Crippen molar-refractivity contribution in [1.82, 2.24) is 10.3 Å². The molecule has 4 N–H and O–H groups in total. The molecule has 0 bridgehead atoms. The van der Waals surface area contributed by atoms with E-state index in [0.717, 1.165) is 18.4 Å². The van der Waals surface area contributed by atoms with Crippen LogP contribution in [0, 0.1) is 6.92 Å². The maximum Gasteiger partial charge on any atom is 0.239 e. The zero-order valence-corrected chi connectivity index (χ0v) is 9.29. The van der Waals surface area contributed by atoms with Crippen molar-refractivity contribution in [3.05, 3.63) is 17.8 Å². The second kappa shape index (κ2) is 4.38. The van der Waals surface area contributed by atoms with Gasteiger partial charge in [-0.05, 0) is 31.4 Å². The average Bonchev–Trinajstić information content (AvgIpc) is 3.00. The van der Waals surface area contributed by atoms with E-state index in [1.807, 2.05) is 13.0 Å². The van der Waals surface area contributed by atoms with Crippen LogP contribution in [0.15, 0.2) is 12.3 Å². The van der Waals surface area contributed by atoms with Gasteiger partial charge in [-0.15, -0.1) is 0 Å². The third kappa shape index (κ3) is 2.85. The van der Waals surface area contributed by atoms with Crippen LogP contribution in [-0.4, -0.2) is 23.5 Å². The standard InChI is InChI=1S/C11H16N4O/c1-7-4-9(12)11(13-5-7)14-6-10(16)15-8-2-3-8/h4-5,8H,2-3,6,12H2,1H3,(H,13,14)(H,15,16). The third-order valence-electron chi connectivity index (χ3n) is 2.41. The van der Waals surface area contributed by atoms with Crippen LogP contribution in [0.25, 0.3) is 0 Å². The smallest absolute Gasteiger partial charge is 0.239 e. The van der Waals surface area contributed by atoms with E-state index in [0.29, 0.717) is 17.5 Å². The Bertz CT molecular complexity index is 401. The fraction of sp³-hybridized carbons (Fsp3) is 0.455. The second-order valence-electron chi connectivity index (χ2n) is 4.15. The normalized spacial score (nSPS) is 14.6. The molecule has 0 spiro atoms. The summed E-state index contributed by atoms with van der Waals surface area (Å²) in [4.78, 5) is 15.5. The first-order valence-corrected chi connectivity index (χ1v) is 5.40. The molecule has 0 aromatic carbocycles. The van der Waals surface area contributed by atoms with Gasteiger partial charge in [0.1, 0.15) is 5.82 Å². The van der Waals surface area contributed by atoms with Gasteiger partial charge in [0.2, 0.25) is 5.91 Å². The minimum absolute atomic E-state index is 0.00993. The monoisotopic (exact) mass is 220 g/mol. The first-order chi connectivity index (χ1) is 7.65. The molecule has 86 valence electrons. The van der Waals surface area contributed by atoms with Crippen molar-refractivity contribution < 1.29 is 4.79 Å². The Kier molecular flexibility index (Phi) is 2.94. The zero-order valence-electron chi connectivity index (χ0n) is 9.29. The number of aryl methyl sites for hydroxylation is 1. The maximum absolute atomic E-state index is 11.4. The molecule has 5 nitrogen and oxygen atoms in total. The Balaban J connectivity index is 1.85. The summed E-state index contributed by atoms with van der Waals surface area (Å²) in [6, 6.07) is 2.21. The van der Waals surface area contributed by atoms with Gasteiger partial charge in [-0.25, -0.2) is 4.98 Å². The molecule has 0 saturated heterocycles. The van der Waals surface area contributed by atoms with Crippen LogP contribution in [0.1, 0.15) is 18.4 Å². The molecule has 16 heavy (non-hydrogen) atoms. The third-order valence-corrected chi connectivity index (χ3v) is 2.41. The van der Waals surface area contributed by atoms with Crippen molar-refractivity contribution in [2.24, 2.45) is 0 Å². The molecule has 1 saturated carbocycles. The van der Waals surface area contributed by atoms with Gasteiger partial charge < -0.3 is 16.4 Å². The van der Waals surface area contributed by atoms with E-state index >= 15 is 0 Å². The number of hydrogen-bond acceptors (Lipinski definition) is 4. The van der Waals surface area contributed by atoms with Crippen molar-refractivity contribution in [2.45, 2.75) is 25.8 Å². The zero-order chi connectivity index (χ0) is 11.5. The molecule has 5 heteroatoms. The van der Waals surface area contributed by atoms with E-state index in [2.05, 4.69) is 15.6 Å². The Morgan fingerprint density at radius 1 is 1.62 bits per heavy atom. The van der Waals surface area contributed by atoms with E-state index in [1.165, 1.54) is 0 Å². The quantitative estimate of drug-likeness (QED) is 0.696. The summed E-state index contributed by atoms with van der Waals surface area (Å²) in [5.74, 6) is 0.556. The minimum atomic E-state index is -0.00993. The number of nitrogens with one attached hydrogen (secondary N) is 2. The summed E-state index contributed by atoms with van der Waals surface area (Å²) in [7, 11) is 0. The molecule has 1 aromatic heterocycles. The maximum atomic E-state index is 11.4. The lowest BCUT2D eigenvalue weighted by Crippen LogP contribution is -2.31. The molecule has 0 atom stereocenters. The number of nitrogens with two attached hydrogens (primary N) is 1. The van der Waals surface area contributed by atoms with Crippen molar-refractivity contribution >= 4 is 17.4 Å². The average molecular weight is 220 g/mol. The van der Waals surface area contributed by atoms with E-state index in [-0.39, 0.29) is 12.5 Å². The number of rotatable bonds is 4. The number of carbonyl (C=O) groups is 1. The first-order valence-electron chi connectivity index (χ1n) is 5.40.